The van der Waals surface area contributed by atoms with Crippen LogP contribution in [0.2, 0.25) is 0 Å². The normalized spacial score (nSPS) is 16.7. The van der Waals surface area contributed by atoms with E-state index >= 15 is 0 Å². The summed E-state index contributed by atoms with van der Waals surface area (Å²) in [5.41, 5.74) is 14.9. The van der Waals surface area contributed by atoms with Gasteiger partial charge in [0.1, 0.15) is 5.75 Å². The first kappa shape index (κ1) is 9.49. The fraction of sp³-hybridized carbons (Fsp3) is 0.455. The van der Waals surface area contributed by atoms with E-state index in [1.165, 1.54) is 5.56 Å². The van der Waals surface area contributed by atoms with Gasteiger partial charge in [-0.2, -0.15) is 0 Å². The quantitative estimate of drug-likeness (QED) is 0.650. The minimum atomic E-state index is -0.0950. The summed E-state index contributed by atoms with van der Waals surface area (Å²) in [6.07, 6.45) is 3.09. The zero-order chi connectivity index (χ0) is 10.1. The highest BCUT2D eigenvalue weighted by molar-refractivity contribution is 5.48. The highest BCUT2D eigenvalue weighted by Crippen LogP contribution is 2.34. The number of nitrogens with two attached hydrogens (primary N) is 2. The van der Waals surface area contributed by atoms with Gasteiger partial charge in [-0.15, -0.1) is 0 Å². The molecule has 3 heteroatoms. The van der Waals surface area contributed by atoms with Crippen molar-refractivity contribution in [2.75, 3.05) is 6.54 Å². The Morgan fingerprint density at radius 3 is 2.71 bits per heavy atom. The molecule has 5 N–H and O–H groups in total. The predicted molar refractivity (Wildman–Crippen MR) is 56.1 cm³/mol. The maximum absolute atomic E-state index is 9.64. The molecule has 3 nitrogen and oxygen atoms in total. The Kier molecular flexibility index (Phi) is 2.44. The fourth-order valence-electron chi connectivity index (χ4n) is 2.19. The Bertz CT molecular complexity index is 349. The van der Waals surface area contributed by atoms with Gasteiger partial charge in [-0.05, 0) is 42.0 Å². The molecule has 1 atom stereocenters. The topological polar surface area (TPSA) is 72.3 Å². The number of hydrogen-bond acceptors (Lipinski definition) is 3. The summed E-state index contributed by atoms with van der Waals surface area (Å²) in [4.78, 5) is 0. The molecule has 0 aromatic heterocycles. The second-order valence-corrected chi connectivity index (χ2v) is 3.83. The summed E-state index contributed by atoms with van der Waals surface area (Å²) < 4.78 is 0. The molecule has 0 fully saturated rings. The molecular weight excluding hydrogens is 176 g/mol. The van der Waals surface area contributed by atoms with E-state index in [2.05, 4.69) is 0 Å². The van der Waals surface area contributed by atoms with Crippen molar-refractivity contribution in [2.24, 2.45) is 11.5 Å². The minimum absolute atomic E-state index is 0.0950. The van der Waals surface area contributed by atoms with Crippen LogP contribution < -0.4 is 11.5 Å². The van der Waals surface area contributed by atoms with E-state index < -0.39 is 0 Å². The summed E-state index contributed by atoms with van der Waals surface area (Å²) in [5.74, 6) is 0.408. The van der Waals surface area contributed by atoms with E-state index in [1.54, 1.807) is 6.07 Å². The van der Waals surface area contributed by atoms with Gasteiger partial charge in [-0.1, -0.05) is 6.07 Å². The van der Waals surface area contributed by atoms with Crippen LogP contribution >= 0.6 is 0 Å². The van der Waals surface area contributed by atoms with Crippen LogP contribution in [0.1, 0.15) is 29.2 Å². The average Bonchev–Trinajstić information content (AvgIpc) is 2.67. The molecule has 0 amide bonds. The third-order valence-corrected chi connectivity index (χ3v) is 2.95. The molecule has 0 bridgehead atoms. The molecule has 0 saturated carbocycles. The van der Waals surface area contributed by atoms with E-state index in [9.17, 15) is 5.11 Å². The van der Waals surface area contributed by atoms with Gasteiger partial charge in [0.15, 0.2) is 0 Å². The summed E-state index contributed by atoms with van der Waals surface area (Å²) in [5, 5.41) is 9.64. The lowest BCUT2D eigenvalue weighted by Crippen LogP contribution is -2.22. The summed E-state index contributed by atoms with van der Waals surface area (Å²) in [6.45, 7) is 0.456. The third kappa shape index (κ3) is 1.38. The smallest absolute Gasteiger partial charge is 0.119 e. The zero-order valence-corrected chi connectivity index (χ0v) is 8.16. The maximum Gasteiger partial charge on any atom is 0.119 e. The molecule has 0 aliphatic heterocycles. The lowest BCUT2D eigenvalue weighted by Gasteiger charge is -2.14. The van der Waals surface area contributed by atoms with Crippen LogP contribution in [-0.2, 0) is 12.8 Å². The van der Waals surface area contributed by atoms with Crippen molar-refractivity contribution in [1.29, 1.82) is 0 Å². The van der Waals surface area contributed by atoms with Gasteiger partial charge in [0, 0.05) is 12.6 Å². The van der Waals surface area contributed by atoms with Crippen LogP contribution in [0.5, 0.6) is 5.75 Å². The molecule has 2 rings (SSSR count). The highest BCUT2D eigenvalue weighted by Gasteiger charge is 2.20. The van der Waals surface area contributed by atoms with Gasteiger partial charge >= 0.3 is 0 Å². The van der Waals surface area contributed by atoms with Gasteiger partial charge in [-0.3, -0.25) is 0 Å². The van der Waals surface area contributed by atoms with Crippen LogP contribution in [0.3, 0.4) is 0 Å². The molecular formula is C11H16N2O. The number of fused-ring (bicyclic) bond motifs is 1. The van der Waals surface area contributed by atoms with E-state index in [1.807, 2.05) is 6.07 Å². The second kappa shape index (κ2) is 3.59. The Balaban J connectivity index is 2.48. The zero-order valence-electron chi connectivity index (χ0n) is 8.16. The Morgan fingerprint density at radius 2 is 2.00 bits per heavy atom. The van der Waals surface area contributed by atoms with Gasteiger partial charge in [-0.25, -0.2) is 0 Å². The van der Waals surface area contributed by atoms with E-state index in [4.69, 9.17) is 11.5 Å². The van der Waals surface area contributed by atoms with Crippen molar-refractivity contribution in [3.05, 3.63) is 28.8 Å². The number of benzene rings is 1. The molecule has 1 aliphatic rings. The minimum Gasteiger partial charge on any atom is -0.508 e. The summed E-state index contributed by atoms with van der Waals surface area (Å²) in [7, 11) is 0. The molecule has 76 valence electrons. The van der Waals surface area contributed by atoms with Crippen LogP contribution in [0.25, 0.3) is 0 Å². The van der Waals surface area contributed by atoms with Gasteiger partial charge in [0.05, 0.1) is 0 Å². The first-order chi connectivity index (χ1) is 6.74. The number of phenols is 1. The van der Waals surface area contributed by atoms with Crippen LogP contribution in [-0.4, -0.2) is 11.7 Å². The van der Waals surface area contributed by atoms with Crippen LogP contribution in [0.15, 0.2) is 12.1 Å². The predicted octanol–water partition coefficient (Wildman–Crippen LogP) is 0.839. The number of rotatable bonds is 2. The summed E-state index contributed by atoms with van der Waals surface area (Å²) in [6, 6.07) is 3.54. The standard InChI is InChI=1S/C11H16N2O/c12-6-10(13)8-4-5-11(14)9-3-1-2-7(8)9/h4-5,10,14H,1-3,6,12-13H2. The first-order valence-electron chi connectivity index (χ1n) is 5.03. The molecule has 0 heterocycles. The molecule has 0 saturated heterocycles. The van der Waals surface area contributed by atoms with Gasteiger partial charge in [0.2, 0.25) is 0 Å². The van der Waals surface area contributed by atoms with Crippen molar-refractivity contribution in [3.8, 4) is 5.75 Å². The Hall–Kier alpha value is -1.06. The number of aromatic hydroxyl groups is 1. The molecule has 0 spiro atoms. The maximum atomic E-state index is 9.64. The molecule has 1 aromatic carbocycles. The average molecular weight is 192 g/mol. The Labute approximate surface area is 83.7 Å². The SMILES string of the molecule is NCC(N)c1ccc(O)c2c1CCC2. The van der Waals surface area contributed by atoms with E-state index in [-0.39, 0.29) is 6.04 Å². The van der Waals surface area contributed by atoms with Crippen LogP contribution in [0.4, 0.5) is 0 Å². The first-order valence-corrected chi connectivity index (χ1v) is 5.03. The van der Waals surface area contributed by atoms with Gasteiger partial charge in [0.25, 0.3) is 0 Å². The summed E-state index contributed by atoms with van der Waals surface area (Å²) >= 11 is 0. The largest absolute Gasteiger partial charge is 0.508 e. The highest BCUT2D eigenvalue weighted by atomic mass is 16.3. The molecule has 1 aliphatic carbocycles. The molecule has 14 heavy (non-hydrogen) atoms. The van der Waals surface area contributed by atoms with E-state index in [0.29, 0.717) is 12.3 Å². The van der Waals surface area contributed by atoms with Crippen molar-refractivity contribution < 1.29 is 5.11 Å². The van der Waals surface area contributed by atoms with Crippen molar-refractivity contribution in [3.63, 3.8) is 0 Å². The lowest BCUT2D eigenvalue weighted by molar-refractivity contribution is 0.468. The number of hydrogen-bond donors (Lipinski definition) is 3. The van der Waals surface area contributed by atoms with Gasteiger partial charge < -0.3 is 16.6 Å². The number of phenolic OH excluding ortho intramolecular Hbond substituents is 1. The molecule has 1 unspecified atom stereocenters. The van der Waals surface area contributed by atoms with Crippen molar-refractivity contribution in [1.82, 2.24) is 0 Å². The molecule has 0 radical (unpaired) electrons. The van der Waals surface area contributed by atoms with Crippen LogP contribution in [0, 0.1) is 0 Å². The van der Waals surface area contributed by atoms with Crippen molar-refractivity contribution >= 4 is 0 Å². The molecule has 1 aromatic rings. The monoisotopic (exact) mass is 192 g/mol. The third-order valence-electron chi connectivity index (χ3n) is 2.95. The Morgan fingerprint density at radius 1 is 1.29 bits per heavy atom. The second-order valence-electron chi connectivity index (χ2n) is 3.83. The fourth-order valence-corrected chi connectivity index (χ4v) is 2.19. The van der Waals surface area contributed by atoms with Crippen molar-refractivity contribution in [2.45, 2.75) is 25.3 Å². The lowest BCUT2D eigenvalue weighted by atomic mass is 9.97. The van der Waals surface area contributed by atoms with E-state index in [0.717, 1.165) is 30.4 Å².